The summed E-state index contributed by atoms with van der Waals surface area (Å²) >= 11 is 0. The SMILES string of the molecule is C=Cc1c(/C=C\C)n(-c2ccc3c4ccccc4n(-c4nc(-c5ccccc5)cc(-c5ccccc5)n4)c3c2)c2ccc3c(c4ccccc4n3-c3cc(-c4ccccc4)cc(-c4ccccc4)c3)c12. The number of allylic oxidation sites excluding steroid dienone is 1. The largest absolute Gasteiger partial charge is 0.309 e. The molecule has 0 atom stereocenters. The topological polar surface area (TPSA) is 40.6 Å². The van der Waals surface area contributed by atoms with E-state index in [1.165, 1.54) is 33.0 Å². The Hall–Kier alpha value is -9.32. The molecule has 0 aliphatic rings. The standard InChI is InChI=1S/C65H45N5/c1-3-21-57-51(4-2)63-60(36-37-61-64(63)54-31-18-20-33-59(54)69(61)50-39-47(43-22-9-5-10-23-43)38-48(40-50)44-24-11-6-12-25-44)68(57)49-34-35-53-52-30-17-19-32-58(52)70(62(53)41-49)65-66-55(45-26-13-7-14-27-45)42-56(67-65)46-28-15-8-16-29-46/h3-42H,2H2,1H3/b21-3-. The van der Waals surface area contributed by atoms with Crippen LogP contribution in [0.15, 0.2) is 237 Å². The Morgan fingerprint density at radius 2 is 0.871 bits per heavy atom. The lowest BCUT2D eigenvalue weighted by molar-refractivity contribution is 0.993. The number of nitrogens with zero attached hydrogens (tertiary/aromatic N) is 5. The van der Waals surface area contributed by atoms with Gasteiger partial charge in [-0.25, -0.2) is 9.97 Å². The van der Waals surface area contributed by atoms with E-state index in [9.17, 15) is 0 Å². The van der Waals surface area contributed by atoms with Crippen LogP contribution < -0.4 is 0 Å². The van der Waals surface area contributed by atoms with E-state index < -0.39 is 0 Å². The molecule has 0 saturated heterocycles. The van der Waals surface area contributed by atoms with Gasteiger partial charge in [0.15, 0.2) is 0 Å². The molecule has 4 aromatic heterocycles. The molecule has 13 rings (SSSR count). The number of hydrogen-bond donors (Lipinski definition) is 0. The van der Waals surface area contributed by atoms with Crippen molar-refractivity contribution in [2.75, 3.05) is 0 Å². The highest BCUT2D eigenvalue weighted by Crippen LogP contribution is 2.44. The number of para-hydroxylation sites is 2. The Kier molecular flexibility index (Phi) is 9.80. The maximum absolute atomic E-state index is 5.34. The molecule has 5 heteroatoms. The van der Waals surface area contributed by atoms with Crippen LogP contribution in [-0.4, -0.2) is 23.7 Å². The van der Waals surface area contributed by atoms with Crippen molar-refractivity contribution in [2.45, 2.75) is 6.92 Å². The van der Waals surface area contributed by atoms with Gasteiger partial charge in [0.05, 0.1) is 44.7 Å². The predicted octanol–water partition coefficient (Wildman–Crippen LogP) is 17.0. The lowest BCUT2D eigenvalue weighted by Gasteiger charge is -2.14. The fourth-order valence-electron chi connectivity index (χ4n) is 10.7. The molecule has 0 saturated carbocycles. The molecular weight excluding hydrogens is 851 g/mol. The average molecular weight is 896 g/mol. The minimum atomic E-state index is 0.614. The maximum Gasteiger partial charge on any atom is 0.235 e. The summed E-state index contributed by atoms with van der Waals surface area (Å²) in [7, 11) is 0. The van der Waals surface area contributed by atoms with E-state index in [0.29, 0.717) is 5.95 Å². The molecule has 0 spiro atoms. The van der Waals surface area contributed by atoms with Crippen molar-refractivity contribution in [1.29, 1.82) is 0 Å². The summed E-state index contributed by atoms with van der Waals surface area (Å²) in [4.78, 5) is 10.7. The quantitative estimate of drug-likeness (QED) is 0.145. The van der Waals surface area contributed by atoms with Crippen molar-refractivity contribution in [2.24, 2.45) is 0 Å². The van der Waals surface area contributed by atoms with Crippen LogP contribution in [0.25, 0.3) is 129 Å². The maximum atomic E-state index is 5.34. The minimum Gasteiger partial charge on any atom is -0.309 e. The van der Waals surface area contributed by atoms with Gasteiger partial charge in [-0.2, -0.15) is 0 Å². The van der Waals surface area contributed by atoms with Crippen molar-refractivity contribution in [3.8, 4) is 62.1 Å². The van der Waals surface area contributed by atoms with E-state index in [1.807, 2.05) is 18.2 Å². The fourth-order valence-corrected chi connectivity index (χ4v) is 10.7. The van der Waals surface area contributed by atoms with E-state index in [0.717, 1.165) is 88.9 Å². The first-order valence-electron chi connectivity index (χ1n) is 23.8. The molecule has 0 fully saturated rings. The zero-order valence-corrected chi connectivity index (χ0v) is 38.5. The van der Waals surface area contributed by atoms with Gasteiger partial charge in [-0.1, -0.05) is 183 Å². The summed E-state index contributed by atoms with van der Waals surface area (Å²) < 4.78 is 7.08. The number of aromatic nitrogens is 5. The van der Waals surface area contributed by atoms with Crippen LogP contribution in [0.4, 0.5) is 0 Å². The molecule has 5 nitrogen and oxygen atoms in total. The van der Waals surface area contributed by atoms with Crippen LogP contribution in [0.2, 0.25) is 0 Å². The highest BCUT2D eigenvalue weighted by Gasteiger charge is 2.24. The Bertz CT molecular complexity index is 4060. The van der Waals surface area contributed by atoms with Crippen molar-refractivity contribution in [3.63, 3.8) is 0 Å². The van der Waals surface area contributed by atoms with Crippen LogP contribution in [0.3, 0.4) is 0 Å². The van der Waals surface area contributed by atoms with Gasteiger partial charge in [0.2, 0.25) is 5.95 Å². The molecule has 0 bridgehead atoms. The Balaban J connectivity index is 1.07. The summed E-state index contributed by atoms with van der Waals surface area (Å²) in [5.41, 5.74) is 18.2. The van der Waals surface area contributed by atoms with Crippen molar-refractivity contribution < 1.29 is 0 Å². The Labute approximate surface area is 405 Å². The Morgan fingerprint density at radius 3 is 1.44 bits per heavy atom. The Morgan fingerprint density at radius 1 is 0.371 bits per heavy atom. The van der Waals surface area contributed by atoms with Gasteiger partial charge in [0.25, 0.3) is 0 Å². The van der Waals surface area contributed by atoms with Gasteiger partial charge < -0.3 is 9.13 Å². The van der Waals surface area contributed by atoms with E-state index in [-0.39, 0.29) is 0 Å². The monoisotopic (exact) mass is 895 g/mol. The third-order valence-electron chi connectivity index (χ3n) is 13.7. The lowest BCUT2D eigenvalue weighted by Crippen LogP contribution is -2.04. The van der Waals surface area contributed by atoms with E-state index in [2.05, 4.69) is 252 Å². The molecule has 70 heavy (non-hydrogen) atoms. The van der Waals surface area contributed by atoms with Gasteiger partial charge in [0.1, 0.15) is 0 Å². The molecule has 13 aromatic rings. The smallest absolute Gasteiger partial charge is 0.235 e. The van der Waals surface area contributed by atoms with Crippen LogP contribution in [-0.2, 0) is 0 Å². The number of benzene rings is 9. The normalized spacial score (nSPS) is 11.8. The number of rotatable bonds is 9. The predicted molar refractivity (Wildman–Crippen MR) is 294 cm³/mol. The second kappa shape index (κ2) is 16.8. The van der Waals surface area contributed by atoms with E-state index >= 15 is 0 Å². The van der Waals surface area contributed by atoms with Crippen molar-refractivity contribution in [3.05, 3.63) is 248 Å². The third kappa shape index (κ3) is 6.62. The van der Waals surface area contributed by atoms with Gasteiger partial charge >= 0.3 is 0 Å². The van der Waals surface area contributed by atoms with Crippen LogP contribution >= 0.6 is 0 Å². The zero-order valence-electron chi connectivity index (χ0n) is 38.5. The van der Waals surface area contributed by atoms with Gasteiger partial charge in [-0.05, 0) is 95.9 Å². The van der Waals surface area contributed by atoms with Crippen LogP contribution in [0.1, 0.15) is 18.2 Å². The molecule has 0 aliphatic heterocycles. The summed E-state index contributed by atoms with van der Waals surface area (Å²) in [6, 6.07) is 80.0. The van der Waals surface area contributed by atoms with Crippen LogP contribution in [0, 0.1) is 0 Å². The van der Waals surface area contributed by atoms with Gasteiger partial charge in [-0.15, -0.1) is 0 Å². The first kappa shape index (κ1) is 40.9. The number of hydrogen-bond acceptors (Lipinski definition) is 2. The zero-order chi connectivity index (χ0) is 46.7. The third-order valence-corrected chi connectivity index (χ3v) is 13.7. The molecule has 0 radical (unpaired) electrons. The molecule has 0 amide bonds. The van der Waals surface area contributed by atoms with E-state index in [1.54, 1.807) is 0 Å². The molecule has 0 unspecified atom stereocenters. The van der Waals surface area contributed by atoms with Crippen molar-refractivity contribution >= 4 is 66.7 Å². The first-order valence-corrected chi connectivity index (χ1v) is 23.8. The second-order valence-corrected chi connectivity index (χ2v) is 17.8. The fraction of sp³-hybridized carbons (Fsp3) is 0.0154. The lowest BCUT2D eigenvalue weighted by atomic mass is 9.98. The highest BCUT2D eigenvalue weighted by atomic mass is 15.2. The first-order chi connectivity index (χ1) is 34.6. The molecular formula is C65H45N5. The molecule has 330 valence electrons. The molecule has 4 heterocycles. The molecule has 9 aromatic carbocycles. The summed E-state index contributed by atoms with van der Waals surface area (Å²) in [5, 5.41) is 5.79. The average Bonchev–Trinajstić information content (AvgIpc) is 4.06. The number of fused-ring (bicyclic) bond motifs is 8. The van der Waals surface area contributed by atoms with Crippen LogP contribution in [0.5, 0.6) is 0 Å². The van der Waals surface area contributed by atoms with Gasteiger partial charge in [0, 0.05) is 55.0 Å². The summed E-state index contributed by atoms with van der Waals surface area (Å²) in [6.07, 6.45) is 6.38. The molecule has 0 aliphatic carbocycles. The molecule has 0 N–H and O–H groups in total. The second-order valence-electron chi connectivity index (χ2n) is 17.8. The summed E-state index contributed by atoms with van der Waals surface area (Å²) in [5.74, 6) is 0.614. The summed E-state index contributed by atoms with van der Waals surface area (Å²) in [6.45, 7) is 6.58. The van der Waals surface area contributed by atoms with Gasteiger partial charge in [-0.3, -0.25) is 4.57 Å². The minimum absolute atomic E-state index is 0.614. The highest BCUT2D eigenvalue weighted by molar-refractivity contribution is 6.24. The van der Waals surface area contributed by atoms with Crippen molar-refractivity contribution in [1.82, 2.24) is 23.7 Å². The van der Waals surface area contributed by atoms with E-state index in [4.69, 9.17) is 9.97 Å².